The highest BCUT2D eigenvalue weighted by atomic mass is 19.4. The smallest absolute Gasteiger partial charge is 0.392 e. The summed E-state index contributed by atoms with van der Waals surface area (Å²) in [5, 5.41) is 22.0. The first-order chi connectivity index (χ1) is 19.6. The second-order valence-electron chi connectivity index (χ2n) is 10.8. The summed E-state index contributed by atoms with van der Waals surface area (Å²) in [4.78, 5) is 27.5. The summed E-state index contributed by atoms with van der Waals surface area (Å²) in [6.45, 7) is 1.73. The quantitative estimate of drug-likeness (QED) is 0.463. The van der Waals surface area contributed by atoms with Crippen LogP contribution in [0, 0.1) is 0 Å². The Morgan fingerprint density at radius 2 is 1.80 bits per heavy atom. The van der Waals surface area contributed by atoms with E-state index in [1.54, 1.807) is 24.3 Å². The zero-order valence-electron chi connectivity index (χ0n) is 22.4. The van der Waals surface area contributed by atoms with Crippen molar-refractivity contribution in [3.05, 3.63) is 65.2 Å². The van der Waals surface area contributed by atoms with Gasteiger partial charge in [-0.2, -0.15) is 13.2 Å². The predicted molar refractivity (Wildman–Crippen MR) is 141 cm³/mol. The van der Waals surface area contributed by atoms with Crippen LogP contribution in [0.3, 0.4) is 0 Å². The standard InChI is InChI=1S/C29H34F3N3O6/c30-29(31,32)28(39)35-11-2-5-24(35)26(38)33-21-4-1-3-20(13-21)27-40-23(16-34-12-10-22(37)15-34)14-25(41-27)19-8-6-18(17-36)7-9-19/h1,3-4,6-9,13,22-25,27,36-37H,2,5,10-12,14-17H2,(H,33,38)/t22-,23-,24-,25+,27+/m0/s1. The Kier molecular flexibility index (Phi) is 8.95. The number of β-amino-alcohol motifs (C(OH)–C–C–N with tert-alkyl or cyclic N) is 1. The van der Waals surface area contributed by atoms with E-state index in [2.05, 4.69) is 10.2 Å². The summed E-state index contributed by atoms with van der Waals surface area (Å²) in [6, 6.07) is 13.0. The highest BCUT2D eigenvalue weighted by Crippen LogP contribution is 2.39. The molecule has 12 heteroatoms. The Hall–Kier alpha value is -3.03. The molecule has 0 aliphatic carbocycles. The molecule has 0 unspecified atom stereocenters. The van der Waals surface area contributed by atoms with Crippen LogP contribution >= 0.6 is 0 Å². The molecule has 5 rings (SSSR count). The number of halogens is 3. The van der Waals surface area contributed by atoms with Gasteiger partial charge in [0.25, 0.3) is 0 Å². The summed E-state index contributed by atoms with van der Waals surface area (Å²) in [7, 11) is 0. The number of hydrogen-bond acceptors (Lipinski definition) is 7. The molecular weight excluding hydrogens is 543 g/mol. The molecule has 9 nitrogen and oxygen atoms in total. The summed E-state index contributed by atoms with van der Waals surface area (Å²) >= 11 is 0. The third kappa shape index (κ3) is 7.07. The van der Waals surface area contributed by atoms with Crippen LogP contribution in [-0.4, -0.2) is 82.4 Å². The van der Waals surface area contributed by atoms with Gasteiger partial charge in [-0.3, -0.25) is 14.5 Å². The number of rotatable bonds is 7. The maximum Gasteiger partial charge on any atom is 0.471 e. The molecule has 0 radical (unpaired) electrons. The largest absolute Gasteiger partial charge is 0.471 e. The molecule has 41 heavy (non-hydrogen) atoms. The number of carbonyl (C=O) groups excluding carboxylic acids is 2. The average Bonchev–Trinajstić information content (AvgIpc) is 3.61. The van der Waals surface area contributed by atoms with Crippen LogP contribution in [0.25, 0.3) is 0 Å². The molecule has 2 aromatic rings. The van der Waals surface area contributed by atoms with Gasteiger partial charge in [-0.1, -0.05) is 36.4 Å². The van der Waals surface area contributed by atoms with Gasteiger partial charge in [-0.15, -0.1) is 0 Å². The Balaban J connectivity index is 1.32. The zero-order chi connectivity index (χ0) is 29.1. The van der Waals surface area contributed by atoms with Crippen molar-refractivity contribution < 1.29 is 42.4 Å². The second-order valence-corrected chi connectivity index (χ2v) is 10.8. The molecule has 3 heterocycles. The number of aliphatic hydroxyl groups is 2. The molecule has 0 bridgehead atoms. The van der Waals surface area contributed by atoms with Crippen LogP contribution < -0.4 is 5.32 Å². The minimum atomic E-state index is -5.04. The van der Waals surface area contributed by atoms with E-state index in [1.807, 2.05) is 24.3 Å². The lowest BCUT2D eigenvalue weighted by atomic mass is 9.99. The molecule has 3 aliphatic heterocycles. The van der Waals surface area contributed by atoms with Crippen molar-refractivity contribution in [2.45, 2.75) is 69.1 Å². The number of anilines is 1. The molecule has 0 spiro atoms. The lowest BCUT2D eigenvalue weighted by Crippen LogP contribution is -2.48. The normalized spacial score (nSPS) is 27.2. The average molecular weight is 578 g/mol. The highest BCUT2D eigenvalue weighted by molar-refractivity contribution is 5.98. The van der Waals surface area contributed by atoms with E-state index in [9.17, 15) is 33.0 Å². The molecule has 3 fully saturated rings. The van der Waals surface area contributed by atoms with Crippen molar-refractivity contribution >= 4 is 17.5 Å². The predicted octanol–water partition coefficient (Wildman–Crippen LogP) is 3.28. The van der Waals surface area contributed by atoms with E-state index in [0.29, 0.717) is 48.5 Å². The zero-order valence-corrected chi connectivity index (χ0v) is 22.4. The Bertz CT molecular complexity index is 1230. The van der Waals surface area contributed by atoms with Crippen LogP contribution in [0.5, 0.6) is 0 Å². The van der Waals surface area contributed by atoms with E-state index in [0.717, 1.165) is 17.7 Å². The fourth-order valence-corrected chi connectivity index (χ4v) is 5.73. The van der Waals surface area contributed by atoms with Crippen molar-refractivity contribution in [3.63, 3.8) is 0 Å². The lowest BCUT2D eigenvalue weighted by Gasteiger charge is -2.38. The van der Waals surface area contributed by atoms with Crippen LogP contribution in [-0.2, 0) is 25.7 Å². The van der Waals surface area contributed by atoms with Crippen LogP contribution in [0.4, 0.5) is 18.9 Å². The number of carbonyl (C=O) groups is 2. The summed E-state index contributed by atoms with van der Waals surface area (Å²) in [5.41, 5.74) is 2.66. The summed E-state index contributed by atoms with van der Waals surface area (Å²) in [6.07, 6.45) is -5.03. The maximum absolute atomic E-state index is 13.0. The SMILES string of the molecule is O=C(Nc1cccc([C@@H]2O[C@H](CN3CC[C@H](O)C3)C[C@H](c3ccc(CO)cc3)O2)c1)[C@@H]1CCCN1C(=O)C(F)(F)F. The molecule has 3 N–H and O–H groups in total. The molecule has 2 amide bonds. The monoisotopic (exact) mass is 577 g/mol. The number of alkyl halides is 3. The van der Waals surface area contributed by atoms with Gasteiger partial charge in [0.15, 0.2) is 6.29 Å². The topological polar surface area (TPSA) is 112 Å². The fraction of sp³-hybridized carbons (Fsp3) is 0.517. The van der Waals surface area contributed by atoms with Gasteiger partial charge in [0, 0.05) is 43.9 Å². The van der Waals surface area contributed by atoms with Gasteiger partial charge in [-0.25, -0.2) is 0 Å². The van der Waals surface area contributed by atoms with Crippen molar-refractivity contribution in [2.24, 2.45) is 0 Å². The third-order valence-electron chi connectivity index (χ3n) is 7.81. The van der Waals surface area contributed by atoms with E-state index in [1.165, 1.54) is 0 Å². The number of benzene rings is 2. The Morgan fingerprint density at radius 1 is 1.02 bits per heavy atom. The number of likely N-dealkylation sites (tertiary alicyclic amines) is 2. The number of amides is 2. The lowest BCUT2D eigenvalue weighted by molar-refractivity contribution is -0.252. The van der Waals surface area contributed by atoms with Crippen molar-refractivity contribution in [3.8, 4) is 0 Å². The molecule has 0 saturated carbocycles. The van der Waals surface area contributed by atoms with Crippen molar-refractivity contribution in [1.29, 1.82) is 0 Å². The minimum Gasteiger partial charge on any atom is -0.392 e. The minimum absolute atomic E-state index is 0.0705. The highest BCUT2D eigenvalue weighted by Gasteiger charge is 2.47. The number of nitrogens with one attached hydrogen (secondary N) is 1. The Labute approximate surface area is 235 Å². The first-order valence-electron chi connectivity index (χ1n) is 13.8. The first-order valence-corrected chi connectivity index (χ1v) is 13.8. The van der Waals surface area contributed by atoms with Gasteiger partial charge < -0.3 is 29.9 Å². The Morgan fingerprint density at radius 3 is 2.49 bits per heavy atom. The van der Waals surface area contributed by atoms with Crippen LogP contribution in [0.2, 0.25) is 0 Å². The van der Waals surface area contributed by atoms with E-state index < -0.39 is 30.3 Å². The molecule has 2 aromatic carbocycles. The van der Waals surface area contributed by atoms with Crippen molar-refractivity contribution in [1.82, 2.24) is 9.80 Å². The van der Waals surface area contributed by atoms with Crippen LogP contribution in [0.1, 0.15) is 54.8 Å². The number of nitrogens with zero attached hydrogens (tertiary/aromatic N) is 2. The van der Waals surface area contributed by atoms with Gasteiger partial charge in [0.1, 0.15) is 6.04 Å². The maximum atomic E-state index is 13.0. The molecule has 5 atom stereocenters. The summed E-state index contributed by atoms with van der Waals surface area (Å²) < 4.78 is 51.7. The second kappa shape index (κ2) is 12.5. The summed E-state index contributed by atoms with van der Waals surface area (Å²) in [5.74, 6) is -2.70. The van der Waals surface area contributed by atoms with Gasteiger partial charge >= 0.3 is 12.1 Å². The molecule has 0 aromatic heterocycles. The van der Waals surface area contributed by atoms with Crippen molar-refractivity contribution in [2.75, 3.05) is 31.5 Å². The first kappa shape index (κ1) is 29.5. The van der Waals surface area contributed by atoms with E-state index in [-0.39, 0.29) is 37.9 Å². The van der Waals surface area contributed by atoms with Gasteiger partial charge in [0.2, 0.25) is 5.91 Å². The number of aliphatic hydroxyl groups excluding tert-OH is 2. The third-order valence-corrected chi connectivity index (χ3v) is 7.81. The number of hydrogen-bond donors (Lipinski definition) is 3. The molecular formula is C29H34F3N3O6. The van der Waals surface area contributed by atoms with E-state index in [4.69, 9.17) is 9.47 Å². The van der Waals surface area contributed by atoms with Gasteiger partial charge in [-0.05, 0) is 42.5 Å². The fourth-order valence-electron chi connectivity index (χ4n) is 5.73. The molecule has 3 aliphatic rings. The van der Waals surface area contributed by atoms with Crippen LogP contribution in [0.15, 0.2) is 48.5 Å². The number of ether oxygens (including phenoxy) is 2. The molecule has 3 saturated heterocycles. The molecule has 222 valence electrons. The van der Waals surface area contributed by atoms with Gasteiger partial charge in [0.05, 0.1) is 24.9 Å². The van der Waals surface area contributed by atoms with E-state index >= 15 is 0 Å².